The fraction of sp³-hybridized carbons (Fsp3) is 0.409. The zero-order chi connectivity index (χ0) is 18.1. The highest BCUT2D eigenvalue weighted by atomic mass is 19.1. The SMILES string of the molecule is O=C(O)c1ccc(OC2CCCC2)c(-c2cccc(F)c2C2CCC2)c1. The molecular formula is C22H23FO3. The van der Waals surface area contributed by atoms with Gasteiger partial charge in [-0.05, 0) is 79.8 Å². The predicted octanol–water partition coefficient (Wildman–Crippen LogP) is 5.78. The van der Waals surface area contributed by atoms with Gasteiger partial charge in [0.1, 0.15) is 11.6 Å². The first-order valence-corrected chi connectivity index (χ1v) is 9.46. The quantitative estimate of drug-likeness (QED) is 0.740. The van der Waals surface area contributed by atoms with Gasteiger partial charge in [0.05, 0.1) is 11.7 Å². The van der Waals surface area contributed by atoms with Crippen LogP contribution in [0.3, 0.4) is 0 Å². The predicted molar refractivity (Wildman–Crippen MR) is 98.3 cm³/mol. The summed E-state index contributed by atoms with van der Waals surface area (Å²) in [6.45, 7) is 0. The third-order valence-electron chi connectivity index (χ3n) is 5.68. The van der Waals surface area contributed by atoms with Crippen molar-refractivity contribution in [3.63, 3.8) is 0 Å². The number of carboxylic acids is 1. The van der Waals surface area contributed by atoms with E-state index in [1.54, 1.807) is 24.3 Å². The molecule has 0 radical (unpaired) electrons. The number of aromatic carboxylic acids is 1. The molecule has 26 heavy (non-hydrogen) atoms. The van der Waals surface area contributed by atoms with Gasteiger partial charge in [0.25, 0.3) is 0 Å². The maximum atomic E-state index is 14.6. The summed E-state index contributed by atoms with van der Waals surface area (Å²) in [5.74, 6) is -0.327. The lowest BCUT2D eigenvalue weighted by Gasteiger charge is -2.29. The minimum atomic E-state index is -0.986. The number of carboxylic acid groups (broad SMARTS) is 1. The largest absolute Gasteiger partial charge is 0.490 e. The highest BCUT2D eigenvalue weighted by Gasteiger charge is 2.28. The molecule has 2 fully saturated rings. The number of rotatable bonds is 5. The van der Waals surface area contributed by atoms with E-state index in [2.05, 4.69) is 0 Å². The zero-order valence-corrected chi connectivity index (χ0v) is 14.7. The van der Waals surface area contributed by atoms with Gasteiger partial charge in [-0.15, -0.1) is 0 Å². The van der Waals surface area contributed by atoms with Gasteiger partial charge >= 0.3 is 5.97 Å². The minimum absolute atomic E-state index is 0.158. The molecule has 0 bridgehead atoms. The molecule has 4 rings (SSSR count). The number of benzene rings is 2. The van der Waals surface area contributed by atoms with E-state index >= 15 is 0 Å². The smallest absolute Gasteiger partial charge is 0.335 e. The summed E-state index contributed by atoms with van der Waals surface area (Å²) in [6.07, 6.45) is 7.55. The summed E-state index contributed by atoms with van der Waals surface area (Å²) in [5, 5.41) is 9.41. The fourth-order valence-electron chi connectivity index (χ4n) is 4.05. The maximum absolute atomic E-state index is 14.6. The van der Waals surface area contributed by atoms with Crippen molar-refractivity contribution >= 4 is 5.97 Å². The Labute approximate surface area is 152 Å². The van der Waals surface area contributed by atoms with Crippen LogP contribution in [-0.2, 0) is 0 Å². The molecule has 0 atom stereocenters. The third kappa shape index (κ3) is 3.20. The molecule has 2 aromatic rings. The summed E-state index contributed by atoms with van der Waals surface area (Å²) in [7, 11) is 0. The van der Waals surface area contributed by atoms with Crippen LogP contribution in [-0.4, -0.2) is 17.2 Å². The highest BCUT2D eigenvalue weighted by molar-refractivity contribution is 5.91. The van der Waals surface area contributed by atoms with Gasteiger partial charge in [-0.25, -0.2) is 9.18 Å². The molecule has 0 aromatic heterocycles. The minimum Gasteiger partial charge on any atom is -0.490 e. The average molecular weight is 354 g/mol. The number of hydrogen-bond acceptors (Lipinski definition) is 2. The van der Waals surface area contributed by atoms with Crippen LogP contribution < -0.4 is 4.74 Å². The summed E-state index contributed by atoms with van der Waals surface area (Å²) < 4.78 is 20.9. The van der Waals surface area contributed by atoms with Crippen molar-refractivity contribution in [3.05, 3.63) is 53.3 Å². The molecule has 2 saturated carbocycles. The van der Waals surface area contributed by atoms with Crippen LogP contribution in [0.2, 0.25) is 0 Å². The van der Waals surface area contributed by atoms with Crippen molar-refractivity contribution < 1.29 is 19.0 Å². The first-order valence-electron chi connectivity index (χ1n) is 9.46. The molecule has 2 aromatic carbocycles. The van der Waals surface area contributed by atoms with Gasteiger partial charge in [-0.3, -0.25) is 0 Å². The number of halogens is 1. The van der Waals surface area contributed by atoms with Gasteiger partial charge in [0, 0.05) is 5.56 Å². The summed E-state index contributed by atoms with van der Waals surface area (Å²) in [6, 6.07) is 10.0. The Bertz CT molecular complexity index is 820. The summed E-state index contributed by atoms with van der Waals surface area (Å²) in [4.78, 5) is 11.5. The fourth-order valence-corrected chi connectivity index (χ4v) is 4.05. The van der Waals surface area contributed by atoms with E-state index in [1.807, 2.05) is 6.07 Å². The summed E-state index contributed by atoms with van der Waals surface area (Å²) in [5.41, 5.74) is 2.36. The Morgan fingerprint density at radius 2 is 1.77 bits per heavy atom. The van der Waals surface area contributed by atoms with Crippen LogP contribution in [0.25, 0.3) is 11.1 Å². The normalized spacial score (nSPS) is 17.9. The second kappa shape index (κ2) is 7.10. The van der Waals surface area contributed by atoms with E-state index in [-0.39, 0.29) is 23.4 Å². The number of hydrogen-bond donors (Lipinski definition) is 1. The van der Waals surface area contributed by atoms with Gasteiger partial charge < -0.3 is 9.84 Å². The van der Waals surface area contributed by atoms with Crippen molar-refractivity contribution in [1.29, 1.82) is 0 Å². The van der Waals surface area contributed by atoms with Crippen molar-refractivity contribution in [3.8, 4) is 16.9 Å². The summed E-state index contributed by atoms with van der Waals surface area (Å²) >= 11 is 0. The second-order valence-corrected chi connectivity index (χ2v) is 7.37. The lowest BCUT2D eigenvalue weighted by molar-refractivity contribution is 0.0697. The average Bonchev–Trinajstić information content (AvgIpc) is 3.08. The molecule has 1 N–H and O–H groups in total. The first-order chi connectivity index (χ1) is 12.6. The van der Waals surface area contributed by atoms with E-state index in [4.69, 9.17) is 4.74 Å². The Morgan fingerprint density at radius 3 is 2.42 bits per heavy atom. The van der Waals surface area contributed by atoms with Gasteiger partial charge in [0.2, 0.25) is 0 Å². The van der Waals surface area contributed by atoms with Gasteiger partial charge in [-0.1, -0.05) is 18.6 Å². The van der Waals surface area contributed by atoms with Crippen LogP contribution in [0.4, 0.5) is 4.39 Å². The highest BCUT2D eigenvalue weighted by Crippen LogP contribution is 2.45. The van der Waals surface area contributed by atoms with Crippen molar-refractivity contribution in [2.75, 3.05) is 0 Å². The Kier molecular flexibility index (Phi) is 4.66. The molecule has 0 heterocycles. The Hall–Kier alpha value is -2.36. The molecule has 2 aliphatic rings. The number of carbonyl (C=O) groups is 1. The van der Waals surface area contributed by atoms with Crippen LogP contribution in [0.15, 0.2) is 36.4 Å². The van der Waals surface area contributed by atoms with E-state index in [9.17, 15) is 14.3 Å². The van der Waals surface area contributed by atoms with Crippen LogP contribution in [0, 0.1) is 5.82 Å². The number of ether oxygens (including phenoxy) is 1. The molecule has 0 spiro atoms. The molecule has 0 unspecified atom stereocenters. The van der Waals surface area contributed by atoms with Crippen molar-refractivity contribution in [2.24, 2.45) is 0 Å². The topological polar surface area (TPSA) is 46.5 Å². The van der Waals surface area contributed by atoms with Gasteiger partial charge in [0.15, 0.2) is 0 Å². The maximum Gasteiger partial charge on any atom is 0.335 e. The molecule has 2 aliphatic carbocycles. The first kappa shape index (κ1) is 17.1. The molecule has 136 valence electrons. The van der Waals surface area contributed by atoms with Crippen LogP contribution in [0.1, 0.15) is 66.8 Å². The lowest BCUT2D eigenvalue weighted by atomic mass is 9.76. The van der Waals surface area contributed by atoms with E-state index in [0.717, 1.165) is 50.5 Å². The van der Waals surface area contributed by atoms with Crippen LogP contribution >= 0.6 is 0 Å². The molecule has 0 aliphatic heterocycles. The van der Waals surface area contributed by atoms with E-state index in [1.165, 1.54) is 6.07 Å². The van der Waals surface area contributed by atoms with E-state index < -0.39 is 5.97 Å². The molecular weight excluding hydrogens is 331 g/mol. The molecule has 0 saturated heterocycles. The van der Waals surface area contributed by atoms with Crippen molar-refractivity contribution in [1.82, 2.24) is 0 Å². The van der Waals surface area contributed by atoms with Crippen LogP contribution in [0.5, 0.6) is 5.75 Å². The second-order valence-electron chi connectivity index (χ2n) is 7.37. The van der Waals surface area contributed by atoms with Gasteiger partial charge in [-0.2, -0.15) is 0 Å². The Balaban J connectivity index is 1.82. The molecule has 0 amide bonds. The monoisotopic (exact) mass is 354 g/mol. The standard InChI is InChI=1S/C22H23FO3/c23-19-10-4-9-17(21(19)14-5-3-6-14)18-13-15(22(24)25)11-12-20(18)26-16-7-1-2-8-16/h4,9-14,16H,1-3,5-8H2,(H,24,25). The lowest BCUT2D eigenvalue weighted by Crippen LogP contribution is -2.14. The molecule has 3 nitrogen and oxygen atoms in total. The van der Waals surface area contributed by atoms with Crippen molar-refractivity contribution in [2.45, 2.75) is 57.0 Å². The third-order valence-corrected chi connectivity index (χ3v) is 5.68. The van der Waals surface area contributed by atoms with E-state index in [0.29, 0.717) is 16.9 Å². The zero-order valence-electron chi connectivity index (χ0n) is 14.7. The molecule has 4 heteroatoms. The Morgan fingerprint density at radius 1 is 1.00 bits per heavy atom.